The lowest BCUT2D eigenvalue weighted by atomic mass is 9.97. The normalized spacial score (nSPS) is 17.4. The summed E-state index contributed by atoms with van der Waals surface area (Å²) in [5, 5.41) is 12.8. The van der Waals surface area contributed by atoms with Crippen molar-refractivity contribution in [2.45, 2.75) is 50.6 Å². The van der Waals surface area contributed by atoms with Crippen LogP contribution in [0, 0.1) is 11.3 Å². The minimum atomic E-state index is -0.358. The lowest BCUT2D eigenvalue weighted by Crippen LogP contribution is -2.42. The fourth-order valence-corrected chi connectivity index (χ4v) is 2.50. The van der Waals surface area contributed by atoms with Crippen LogP contribution < -0.4 is 5.32 Å². The van der Waals surface area contributed by atoms with Gasteiger partial charge in [0.1, 0.15) is 5.54 Å². The van der Waals surface area contributed by atoms with Crippen molar-refractivity contribution in [3.63, 3.8) is 0 Å². The Morgan fingerprint density at radius 2 is 2.24 bits per heavy atom. The Morgan fingerprint density at radius 1 is 1.43 bits per heavy atom. The molecule has 0 bridgehead atoms. The van der Waals surface area contributed by atoms with Crippen LogP contribution >= 0.6 is 0 Å². The van der Waals surface area contributed by atoms with E-state index in [1.807, 2.05) is 25.3 Å². The number of aromatic nitrogens is 1. The first-order valence-corrected chi connectivity index (χ1v) is 7.89. The Hall–Kier alpha value is -1.44. The van der Waals surface area contributed by atoms with Crippen LogP contribution in [0.4, 0.5) is 0 Å². The highest BCUT2D eigenvalue weighted by Gasteiger charge is 2.31. The van der Waals surface area contributed by atoms with Crippen molar-refractivity contribution in [2.24, 2.45) is 0 Å². The summed E-state index contributed by atoms with van der Waals surface area (Å²) in [6.45, 7) is 4.06. The molecule has 21 heavy (non-hydrogen) atoms. The first-order chi connectivity index (χ1) is 10.1. The van der Waals surface area contributed by atoms with Crippen molar-refractivity contribution in [2.75, 3.05) is 20.1 Å². The van der Waals surface area contributed by atoms with Gasteiger partial charge < -0.3 is 4.90 Å². The molecule has 4 heteroatoms. The molecule has 0 spiro atoms. The fraction of sp³-hybridized carbons (Fsp3) is 0.647. The van der Waals surface area contributed by atoms with Crippen molar-refractivity contribution in [1.82, 2.24) is 15.2 Å². The summed E-state index contributed by atoms with van der Waals surface area (Å²) < 4.78 is 0. The third-order valence-electron chi connectivity index (χ3n) is 4.04. The number of hydrogen-bond acceptors (Lipinski definition) is 4. The number of nitrogens with one attached hydrogen (secondary N) is 1. The SMILES string of the molecule is CN(CCCC(C)(C#N)NC1CC1)CCc1ccccn1. The molecule has 0 radical (unpaired) electrons. The Bertz CT molecular complexity index is 463. The Morgan fingerprint density at radius 3 is 2.86 bits per heavy atom. The number of rotatable bonds is 9. The predicted octanol–water partition coefficient (Wildman–Crippen LogP) is 2.37. The average molecular weight is 286 g/mol. The molecule has 1 aromatic heterocycles. The van der Waals surface area contributed by atoms with E-state index in [0.29, 0.717) is 6.04 Å². The average Bonchev–Trinajstić information content (AvgIpc) is 3.30. The lowest BCUT2D eigenvalue weighted by molar-refractivity contribution is 0.305. The third-order valence-corrected chi connectivity index (χ3v) is 4.04. The molecule has 0 aromatic carbocycles. The summed E-state index contributed by atoms with van der Waals surface area (Å²) in [5.41, 5.74) is 0.782. The first-order valence-electron chi connectivity index (χ1n) is 7.89. The van der Waals surface area contributed by atoms with E-state index < -0.39 is 0 Å². The van der Waals surface area contributed by atoms with Gasteiger partial charge in [0, 0.05) is 30.9 Å². The van der Waals surface area contributed by atoms with Gasteiger partial charge in [0.15, 0.2) is 0 Å². The van der Waals surface area contributed by atoms with E-state index >= 15 is 0 Å². The number of pyridine rings is 1. The molecule has 0 amide bonds. The van der Waals surface area contributed by atoms with E-state index in [9.17, 15) is 5.26 Å². The molecular formula is C17H26N4. The predicted molar refractivity (Wildman–Crippen MR) is 84.8 cm³/mol. The second kappa shape index (κ2) is 7.53. The molecule has 1 atom stereocenters. The van der Waals surface area contributed by atoms with E-state index in [1.165, 1.54) is 12.8 Å². The van der Waals surface area contributed by atoms with Gasteiger partial charge in [-0.2, -0.15) is 5.26 Å². The van der Waals surface area contributed by atoms with Crippen LogP contribution in [0.25, 0.3) is 0 Å². The van der Waals surface area contributed by atoms with Crippen molar-refractivity contribution < 1.29 is 0 Å². The third kappa shape index (κ3) is 5.82. The maximum absolute atomic E-state index is 9.34. The van der Waals surface area contributed by atoms with E-state index in [-0.39, 0.29) is 5.54 Å². The second-order valence-electron chi connectivity index (χ2n) is 6.34. The number of hydrogen-bond donors (Lipinski definition) is 1. The van der Waals surface area contributed by atoms with Crippen LogP contribution in [-0.2, 0) is 6.42 Å². The summed E-state index contributed by atoms with van der Waals surface area (Å²) in [7, 11) is 2.14. The van der Waals surface area contributed by atoms with Crippen molar-refractivity contribution in [3.05, 3.63) is 30.1 Å². The molecule has 1 aliphatic rings. The van der Waals surface area contributed by atoms with Crippen LogP contribution in [0.5, 0.6) is 0 Å². The van der Waals surface area contributed by atoms with Crippen LogP contribution in [-0.4, -0.2) is 41.6 Å². The maximum atomic E-state index is 9.34. The van der Waals surface area contributed by atoms with Crippen molar-refractivity contribution in [3.8, 4) is 6.07 Å². The van der Waals surface area contributed by atoms with E-state index in [1.54, 1.807) is 0 Å². The summed E-state index contributed by atoms with van der Waals surface area (Å²) in [5.74, 6) is 0. The summed E-state index contributed by atoms with van der Waals surface area (Å²) in [6, 6.07) is 9.07. The minimum absolute atomic E-state index is 0.358. The van der Waals surface area contributed by atoms with Gasteiger partial charge in [0.25, 0.3) is 0 Å². The quantitative estimate of drug-likeness (QED) is 0.757. The molecular weight excluding hydrogens is 260 g/mol. The summed E-state index contributed by atoms with van der Waals surface area (Å²) in [6.07, 6.45) is 7.23. The molecule has 0 aliphatic heterocycles. The van der Waals surface area contributed by atoms with E-state index in [0.717, 1.165) is 38.0 Å². The zero-order valence-corrected chi connectivity index (χ0v) is 13.2. The highest BCUT2D eigenvalue weighted by atomic mass is 15.1. The zero-order chi connectivity index (χ0) is 15.1. The van der Waals surface area contributed by atoms with Crippen molar-refractivity contribution in [1.29, 1.82) is 5.26 Å². The van der Waals surface area contributed by atoms with E-state index in [2.05, 4.69) is 34.4 Å². The lowest BCUT2D eigenvalue weighted by Gasteiger charge is -2.24. The highest BCUT2D eigenvalue weighted by molar-refractivity contribution is 5.07. The second-order valence-corrected chi connectivity index (χ2v) is 6.34. The Balaban J connectivity index is 1.64. The molecule has 1 heterocycles. The van der Waals surface area contributed by atoms with Gasteiger partial charge in [-0.15, -0.1) is 0 Å². The van der Waals surface area contributed by atoms with Gasteiger partial charge in [-0.3, -0.25) is 10.3 Å². The number of nitrogens with zero attached hydrogens (tertiary/aromatic N) is 3. The molecule has 1 aliphatic carbocycles. The molecule has 4 nitrogen and oxygen atoms in total. The molecule has 0 saturated heterocycles. The van der Waals surface area contributed by atoms with Crippen LogP contribution in [0.2, 0.25) is 0 Å². The summed E-state index contributed by atoms with van der Waals surface area (Å²) in [4.78, 5) is 6.67. The smallest absolute Gasteiger partial charge is 0.104 e. The van der Waals surface area contributed by atoms with Gasteiger partial charge in [-0.05, 0) is 58.3 Å². The number of likely N-dealkylation sites (N-methyl/N-ethyl adjacent to an activating group) is 1. The van der Waals surface area contributed by atoms with Gasteiger partial charge in [0.2, 0.25) is 0 Å². The monoisotopic (exact) mass is 286 g/mol. The molecule has 1 aromatic rings. The van der Waals surface area contributed by atoms with Gasteiger partial charge in [0.05, 0.1) is 6.07 Å². The maximum Gasteiger partial charge on any atom is 0.104 e. The molecule has 1 fully saturated rings. The van der Waals surface area contributed by atoms with Crippen molar-refractivity contribution >= 4 is 0 Å². The first kappa shape index (κ1) is 15.9. The van der Waals surface area contributed by atoms with Crippen LogP contribution in [0.1, 0.15) is 38.3 Å². The van der Waals surface area contributed by atoms with Crippen LogP contribution in [0.15, 0.2) is 24.4 Å². The number of nitriles is 1. The fourth-order valence-electron chi connectivity index (χ4n) is 2.50. The van der Waals surface area contributed by atoms with E-state index in [4.69, 9.17) is 0 Å². The Labute approximate surface area is 128 Å². The van der Waals surface area contributed by atoms with Crippen LogP contribution in [0.3, 0.4) is 0 Å². The molecule has 1 unspecified atom stereocenters. The minimum Gasteiger partial charge on any atom is -0.306 e. The van der Waals surface area contributed by atoms with Gasteiger partial charge >= 0.3 is 0 Å². The standard InChI is InChI=1S/C17H26N4/c1-17(14-18,20-16-7-8-16)10-5-12-21(2)13-9-15-6-3-4-11-19-15/h3-4,6,11,16,20H,5,7-10,12-13H2,1-2H3. The zero-order valence-electron chi connectivity index (χ0n) is 13.2. The molecule has 2 rings (SSSR count). The van der Waals surface area contributed by atoms with Gasteiger partial charge in [-0.1, -0.05) is 6.07 Å². The van der Waals surface area contributed by atoms with Gasteiger partial charge in [-0.25, -0.2) is 0 Å². The Kier molecular flexibility index (Phi) is 5.72. The molecule has 1 saturated carbocycles. The molecule has 114 valence electrons. The topological polar surface area (TPSA) is 52.0 Å². The highest BCUT2D eigenvalue weighted by Crippen LogP contribution is 2.24. The molecule has 1 N–H and O–H groups in total. The summed E-state index contributed by atoms with van der Waals surface area (Å²) >= 11 is 0. The largest absolute Gasteiger partial charge is 0.306 e.